The fourth-order valence-corrected chi connectivity index (χ4v) is 1.46. The van der Waals surface area contributed by atoms with Crippen molar-refractivity contribution in [1.29, 1.82) is 5.26 Å². The molecular formula is C11H16N4O. The number of amides is 1. The highest BCUT2D eigenvalue weighted by molar-refractivity contribution is 5.94. The highest BCUT2D eigenvalue weighted by atomic mass is 16.1. The van der Waals surface area contributed by atoms with Crippen molar-refractivity contribution >= 4 is 11.6 Å². The van der Waals surface area contributed by atoms with Gasteiger partial charge < -0.3 is 5.32 Å². The lowest BCUT2D eigenvalue weighted by Crippen LogP contribution is -2.21. The van der Waals surface area contributed by atoms with Gasteiger partial charge in [0.15, 0.2) is 0 Å². The Morgan fingerprint density at radius 1 is 1.69 bits per heavy atom. The first kappa shape index (κ1) is 12.2. The fourth-order valence-electron chi connectivity index (χ4n) is 1.46. The van der Waals surface area contributed by atoms with Gasteiger partial charge in [0.25, 0.3) is 0 Å². The van der Waals surface area contributed by atoms with E-state index in [2.05, 4.69) is 10.4 Å². The molecule has 1 amide bonds. The van der Waals surface area contributed by atoms with E-state index >= 15 is 0 Å². The van der Waals surface area contributed by atoms with Crippen LogP contribution in [0.5, 0.6) is 0 Å². The van der Waals surface area contributed by atoms with Crippen molar-refractivity contribution in [3.63, 3.8) is 0 Å². The van der Waals surface area contributed by atoms with Crippen LogP contribution in [0.25, 0.3) is 0 Å². The average Bonchev–Trinajstić information content (AvgIpc) is 2.60. The minimum absolute atomic E-state index is 0.257. The zero-order valence-electron chi connectivity index (χ0n) is 9.82. The molecule has 86 valence electrons. The molecule has 5 nitrogen and oxygen atoms in total. The molecule has 0 aromatic carbocycles. The molecule has 0 radical (unpaired) electrons. The molecule has 1 aromatic heterocycles. The van der Waals surface area contributed by atoms with E-state index in [1.807, 2.05) is 19.9 Å². The van der Waals surface area contributed by atoms with Crippen molar-refractivity contribution in [1.82, 2.24) is 9.78 Å². The van der Waals surface area contributed by atoms with Crippen LogP contribution in [0.3, 0.4) is 0 Å². The second-order valence-electron chi connectivity index (χ2n) is 3.60. The molecule has 1 N–H and O–H groups in total. The van der Waals surface area contributed by atoms with Crippen molar-refractivity contribution in [3.8, 4) is 6.07 Å². The Bertz CT molecular complexity index is 416. The van der Waals surface area contributed by atoms with Gasteiger partial charge in [-0.15, -0.1) is 0 Å². The van der Waals surface area contributed by atoms with E-state index in [9.17, 15) is 4.79 Å². The van der Waals surface area contributed by atoms with E-state index in [0.717, 1.165) is 12.1 Å². The summed E-state index contributed by atoms with van der Waals surface area (Å²) < 4.78 is 1.65. The van der Waals surface area contributed by atoms with Gasteiger partial charge in [0.05, 0.1) is 17.5 Å². The standard InChI is InChI=1S/C11H16N4O/c1-4-8(6-12)11(16)13-10-7-15(3)14-9(10)5-2/h7-8H,4-5H2,1-3H3,(H,13,16). The van der Waals surface area contributed by atoms with Gasteiger partial charge in [0.2, 0.25) is 5.91 Å². The Morgan fingerprint density at radius 3 is 2.88 bits per heavy atom. The zero-order chi connectivity index (χ0) is 12.1. The SMILES string of the molecule is CCc1nn(C)cc1NC(=O)C(C#N)CC. The van der Waals surface area contributed by atoms with Crippen LogP contribution in [0.1, 0.15) is 26.0 Å². The largest absolute Gasteiger partial charge is 0.322 e. The second kappa shape index (κ2) is 5.31. The molecule has 1 aromatic rings. The number of anilines is 1. The molecule has 0 saturated carbocycles. The molecule has 0 fully saturated rings. The first-order chi connectivity index (χ1) is 7.62. The first-order valence-corrected chi connectivity index (χ1v) is 5.35. The predicted molar refractivity (Wildman–Crippen MR) is 60.6 cm³/mol. The fraction of sp³-hybridized carbons (Fsp3) is 0.545. The maximum atomic E-state index is 11.7. The Hall–Kier alpha value is -1.83. The van der Waals surface area contributed by atoms with Gasteiger partial charge in [-0.25, -0.2) is 0 Å². The number of carbonyl (C=O) groups is 1. The monoisotopic (exact) mass is 220 g/mol. The van der Waals surface area contributed by atoms with E-state index < -0.39 is 5.92 Å². The molecule has 0 bridgehead atoms. The van der Waals surface area contributed by atoms with Crippen LogP contribution in [0.15, 0.2) is 6.20 Å². The van der Waals surface area contributed by atoms with Gasteiger partial charge in [-0.2, -0.15) is 10.4 Å². The third kappa shape index (κ3) is 2.60. The highest BCUT2D eigenvalue weighted by Crippen LogP contribution is 2.15. The molecule has 5 heteroatoms. The van der Waals surface area contributed by atoms with Crippen molar-refractivity contribution in [2.75, 3.05) is 5.32 Å². The number of aromatic nitrogens is 2. The number of nitriles is 1. The molecule has 16 heavy (non-hydrogen) atoms. The van der Waals surface area contributed by atoms with Gasteiger partial charge in [0, 0.05) is 13.2 Å². The van der Waals surface area contributed by atoms with Crippen LogP contribution in [-0.4, -0.2) is 15.7 Å². The number of carbonyl (C=O) groups excluding carboxylic acids is 1. The van der Waals surface area contributed by atoms with Crippen LogP contribution >= 0.6 is 0 Å². The molecule has 0 aliphatic rings. The molecule has 0 aliphatic heterocycles. The van der Waals surface area contributed by atoms with E-state index in [1.165, 1.54) is 0 Å². The number of hydrogen-bond acceptors (Lipinski definition) is 3. The summed E-state index contributed by atoms with van der Waals surface area (Å²) in [5, 5.41) is 15.7. The van der Waals surface area contributed by atoms with Gasteiger partial charge in [0.1, 0.15) is 5.92 Å². The van der Waals surface area contributed by atoms with Gasteiger partial charge in [-0.1, -0.05) is 13.8 Å². The van der Waals surface area contributed by atoms with E-state index in [4.69, 9.17) is 5.26 Å². The van der Waals surface area contributed by atoms with Crippen molar-refractivity contribution in [2.24, 2.45) is 13.0 Å². The van der Waals surface area contributed by atoms with Gasteiger partial charge in [-0.3, -0.25) is 9.48 Å². The number of nitrogens with one attached hydrogen (secondary N) is 1. The molecule has 0 saturated heterocycles. The predicted octanol–water partition coefficient (Wildman–Crippen LogP) is 1.47. The summed E-state index contributed by atoms with van der Waals surface area (Å²) in [5.74, 6) is -0.849. The van der Waals surface area contributed by atoms with Crippen LogP contribution in [0, 0.1) is 17.2 Å². The third-order valence-corrected chi connectivity index (χ3v) is 2.38. The highest BCUT2D eigenvalue weighted by Gasteiger charge is 2.17. The molecule has 1 rings (SSSR count). The van der Waals surface area contributed by atoms with Crippen LogP contribution in [-0.2, 0) is 18.3 Å². The minimum atomic E-state index is -0.593. The molecule has 1 atom stereocenters. The Morgan fingerprint density at radius 2 is 2.38 bits per heavy atom. The number of aryl methyl sites for hydroxylation is 2. The number of nitrogens with zero attached hydrogens (tertiary/aromatic N) is 3. The van der Waals surface area contributed by atoms with Gasteiger partial charge in [-0.05, 0) is 12.8 Å². The number of hydrogen-bond donors (Lipinski definition) is 1. The van der Waals surface area contributed by atoms with Crippen molar-refractivity contribution < 1.29 is 4.79 Å². The summed E-state index contributed by atoms with van der Waals surface area (Å²) in [6.07, 6.45) is 3.02. The second-order valence-corrected chi connectivity index (χ2v) is 3.60. The first-order valence-electron chi connectivity index (χ1n) is 5.35. The Balaban J connectivity index is 2.80. The van der Waals surface area contributed by atoms with Crippen molar-refractivity contribution in [3.05, 3.63) is 11.9 Å². The molecule has 1 heterocycles. The van der Waals surface area contributed by atoms with Gasteiger partial charge >= 0.3 is 0 Å². The summed E-state index contributed by atoms with van der Waals surface area (Å²) in [6, 6.07) is 1.98. The Labute approximate surface area is 95.1 Å². The quantitative estimate of drug-likeness (QED) is 0.835. The van der Waals surface area contributed by atoms with E-state index in [-0.39, 0.29) is 5.91 Å². The summed E-state index contributed by atoms with van der Waals surface area (Å²) in [5.41, 5.74) is 1.53. The summed E-state index contributed by atoms with van der Waals surface area (Å²) in [6.45, 7) is 3.79. The molecule has 1 unspecified atom stereocenters. The van der Waals surface area contributed by atoms with Crippen LogP contribution in [0.2, 0.25) is 0 Å². The number of rotatable bonds is 4. The smallest absolute Gasteiger partial charge is 0.241 e. The average molecular weight is 220 g/mol. The lowest BCUT2D eigenvalue weighted by Gasteiger charge is -2.07. The summed E-state index contributed by atoms with van der Waals surface area (Å²) in [7, 11) is 1.80. The molecule has 0 aliphatic carbocycles. The third-order valence-electron chi connectivity index (χ3n) is 2.38. The summed E-state index contributed by atoms with van der Waals surface area (Å²) in [4.78, 5) is 11.7. The molecule has 0 spiro atoms. The maximum absolute atomic E-state index is 11.7. The zero-order valence-corrected chi connectivity index (χ0v) is 9.82. The van der Waals surface area contributed by atoms with E-state index in [0.29, 0.717) is 12.1 Å². The Kier molecular flexibility index (Phi) is 4.06. The molecular weight excluding hydrogens is 204 g/mol. The minimum Gasteiger partial charge on any atom is -0.322 e. The van der Waals surface area contributed by atoms with Crippen LogP contribution < -0.4 is 5.32 Å². The lowest BCUT2D eigenvalue weighted by molar-refractivity contribution is -0.118. The van der Waals surface area contributed by atoms with Crippen LogP contribution in [0.4, 0.5) is 5.69 Å². The maximum Gasteiger partial charge on any atom is 0.241 e. The van der Waals surface area contributed by atoms with Crippen molar-refractivity contribution in [2.45, 2.75) is 26.7 Å². The summed E-state index contributed by atoms with van der Waals surface area (Å²) >= 11 is 0. The topological polar surface area (TPSA) is 70.7 Å². The normalized spacial score (nSPS) is 11.9. The lowest BCUT2D eigenvalue weighted by atomic mass is 10.1. The van der Waals surface area contributed by atoms with E-state index in [1.54, 1.807) is 17.9 Å².